The first-order valence-electron chi connectivity index (χ1n) is 3.68. The Morgan fingerprint density at radius 1 is 1.83 bits per heavy atom. The highest BCUT2D eigenvalue weighted by atomic mass is 16.5. The molecule has 0 heterocycles. The first-order chi connectivity index (χ1) is 5.72. The number of nitrogens with one attached hydrogen (secondary N) is 1. The maximum absolute atomic E-state index is 11.0. The summed E-state index contributed by atoms with van der Waals surface area (Å²) in [6.45, 7) is 0.947. The first-order valence-corrected chi connectivity index (χ1v) is 3.68. The summed E-state index contributed by atoms with van der Waals surface area (Å²) in [6, 6.07) is -0.605. The number of carbonyl (C=O) groups excluding carboxylic acids is 1. The van der Waals surface area contributed by atoms with E-state index in [0.717, 1.165) is 0 Å². The topological polar surface area (TPSA) is 64.4 Å². The molecule has 3 N–H and O–H groups in total. The van der Waals surface area contributed by atoms with Crippen LogP contribution in [0.25, 0.3) is 0 Å². The Balaban J connectivity index is 3.51. The number of ether oxygens (including phenoxy) is 1. The van der Waals surface area contributed by atoms with Gasteiger partial charge in [0.1, 0.15) is 0 Å². The average Bonchev–Trinajstić information content (AvgIpc) is 2.05. The summed E-state index contributed by atoms with van der Waals surface area (Å²) in [5.41, 5.74) is 5.41. The van der Waals surface area contributed by atoms with Crippen LogP contribution < -0.4 is 11.1 Å². The number of hydrogen-bond acceptors (Lipinski definition) is 3. The van der Waals surface area contributed by atoms with Gasteiger partial charge in [0, 0.05) is 20.1 Å². The Morgan fingerprint density at radius 3 is 3.00 bits per heavy atom. The molecule has 0 saturated heterocycles. The lowest BCUT2D eigenvalue weighted by molar-refractivity contribution is -0.122. The van der Waals surface area contributed by atoms with Crippen molar-refractivity contribution in [1.82, 2.24) is 5.32 Å². The molecule has 1 unspecified atom stereocenters. The van der Waals surface area contributed by atoms with Crippen LogP contribution in [0.1, 0.15) is 6.42 Å². The second-order valence-electron chi connectivity index (χ2n) is 2.30. The molecule has 0 fully saturated rings. The highest BCUT2D eigenvalue weighted by Crippen LogP contribution is 1.84. The van der Waals surface area contributed by atoms with Crippen molar-refractivity contribution in [2.24, 2.45) is 5.73 Å². The fraction of sp³-hybridized carbons (Fsp3) is 0.625. The highest BCUT2D eigenvalue weighted by Gasteiger charge is 2.10. The van der Waals surface area contributed by atoms with Crippen LogP contribution in [-0.2, 0) is 9.53 Å². The highest BCUT2D eigenvalue weighted by molar-refractivity contribution is 5.81. The van der Waals surface area contributed by atoms with Crippen molar-refractivity contribution in [3.63, 3.8) is 0 Å². The SMILES string of the molecule is C#CCC(N)C(=O)NCCOC. The lowest BCUT2D eigenvalue weighted by Crippen LogP contribution is -2.41. The standard InChI is InChI=1S/C8H14N2O2/c1-3-4-7(9)8(11)10-5-6-12-2/h1,7H,4-6,9H2,2H3,(H,10,11). The molecule has 0 aromatic heterocycles. The zero-order valence-corrected chi connectivity index (χ0v) is 7.17. The van der Waals surface area contributed by atoms with Gasteiger partial charge in [0.25, 0.3) is 0 Å². The summed E-state index contributed by atoms with van der Waals surface area (Å²) < 4.78 is 4.74. The maximum Gasteiger partial charge on any atom is 0.237 e. The zero-order chi connectivity index (χ0) is 9.40. The van der Waals surface area contributed by atoms with Crippen molar-refractivity contribution in [2.75, 3.05) is 20.3 Å². The van der Waals surface area contributed by atoms with Gasteiger partial charge in [0.15, 0.2) is 0 Å². The van der Waals surface area contributed by atoms with E-state index in [1.807, 2.05) is 0 Å². The summed E-state index contributed by atoms with van der Waals surface area (Å²) in [7, 11) is 1.56. The van der Waals surface area contributed by atoms with Gasteiger partial charge in [-0.25, -0.2) is 0 Å². The first kappa shape index (κ1) is 11.0. The zero-order valence-electron chi connectivity index (χ0n) is 7.17. The summed E-state index contributed by atoms with van der Waals surface area (Å²) in [5.74, 6) is 2.09. The van der Waals surface area contributed by atoms with Gasteiger partial charge < -0.3 is 15.8 Å². The van der Waals surface area contributed by atoms with Gasteiger partial charge in [0.05, 0.1) is 12.6 Å². The number of amides is 1. The van der Waals surface area contributed by atoms with E-state index in [4.69, 9.17) is 16.9 Å². The van der Waals surface area contributed by atoms with Crippen LogP contribution in [0.2, 0.25) is 0 Å². The maximum atomic E-state index is 11.0. The molecule has 4 heteroatoms. The second-order valence-corrected chi connectivity index (χ2v) is 2.30. The van der Waals surface area contributed by atoms with E-state index in [1.54, 1.807) is 7.11 Å². The van der Waals surface area contributed by atoms with E-state index in [9.17, 15) is 4.79 Å². The summed E-state index contributed by atoms with van der Waals surface area (Å²) in [4.78, 5) is 11.0. The number of methoxy groups -OCH3 is 1. The van der Waals surface area contributed by atoms with Crippen molar-refractivity contribution < 1.29 is 9.53 Å². The molecule has 0 aliphatic heterocycles. The Kier molecular flexibility index (Phi) is 6.07. The minimum Gasteiger partial charge on any atom is -0.383 e. The molecule has 0 aromatic rings. The van der Waals surface area contributed by atoms with Gasteiger partial charge in [-0.2, -0.15) is 0 Å². The Bertz CT molecular complexity index is 174. The van der Waals surface area contributed by atoms with E-state index < -0.39 is 6.04 Å². The lowest BCUT2D eigenvalue weighted by atomic mass is 10.2. The third kappa shape index (κ3) is 4.72. The minimum absolute atomic E-state index is 0.231. The number of rotatable bonds is 5. The molecule has 68 valence electrons. The molecule has 0 aliphatic rings. The monoisotopic (exact) mass is 170 g/mol. The molecule has 0 radical (unpaired) electrons. The summed E-state index contributed by atoms with van der Waals surface area (Å²) in [5, 5.41) is 2.58. The molecule has 0 saturated carbocycles. The van der Waals surface area contributed by atoms with E-state index in [2.05, 4.69) is 11.2 Å². The van der Waals surface area contributed by atoms with Gasteiger partial charge in [-0.1, -0.05) is 0 Å². The van der Waals surface area contributed by atoms with Crippen LogP contribution in [0, 0.1) is 12.3 Å². The van der Waals surface area contributed by atoms with Gasteiger partial charge in [-0.05, 0) is 0 Å². The quantitative estimate of drug-likeness (QED) is 0.415. The van der Waals surface area contributed by atoms with Crippen LogP contribution in [0.4, 0.5) is 0 Å². The molecule has 0 aromatic carbocycles. The second kappa shape index (κ2) is 6.65. The minimum atomic E-state index is -0.605. The smallest absolute Gasteiger partial charge is 0.237 e. The molecular weight excluding hydrogens is 156 g/mol. The van der Waals surface area contributed by atoms with E-state index in [-0.39, 0.29) is 12.3 Å². The van der Waals surface area contributed by atoms with Crippen molar-refractivity contribution in [3.05, 3.63) is 0 Å². The van der Waals surface area contributed by atoms with Gasteiger partial charge >= 0.3 is 0 Å². The van der Waals surface area contributed by atoms with E-state index in [1.165, 1.54) is 0 Å². The number of nitrogens with two attached hydrogens (primary N) is 1. The van der Waals surface area contributed by atoms with Gasteiger partial charge in [-0.3, -0.25) is 4.79 Å². The fourth-order valence-electron chi connectivity index (χ4n) is 0.627. The Morgan fingerprint density at radius 2 is 2.50 bits per heavy atom. The molecule has 4 nitrogen and oxygen atoms in total. The fourth-order valence-corrected chi connectivity index (χ4v) is 0.627. The lowest BCUT2D eigenvalue weighted by Gasteiger charge is -2.08. The normalized spacial score (nSPS) is 11.8. The van der Waals surface area contributed by atoms with Crippen molar-refractivity contribution in [2.45, 2.75) is 12.5 Å². The van der Waals surface area contributed by atoms with Crippen LogP contribution in [0.5, 0.6) is 0 Å². The van der Waals surface area contributed by atoms with Gasteiger partial charge in [-0.15, -0.1) is 12.3 Å². The van der Waals surface area contributed by atoms with Crippen LogP contribution in [0.15, 0.2) is 0 Å². The molecule has 12 heavy (non-hydrogen) atoms. The van der Waals surface area contributed by atoms with Gasteiger partial charge in [0.2, 0.25) is 5.91 Å². The van der Waals surface area contributed by atoms with E-state index in [0.29, 0.717) is 13.2 Å². The van der Waals surface area contributed by atoms with Crippen molar-refractivity contribution in [1.29, 1.82) is 0 Å². The molecule has 0 bridgehead atoms. The summed E-state index contributed by atoms with van der Waals surface area (Å²) >= 11 is 0. The average molecular weight is 170 g/mol. The third-order valence-electron chi connectivity index (χ3n) is 1.28. The number of hydrogen-bond donors (Lipinski definition) is 2. The van der Waals surface area contributed by atoms with Crippen molar-refractivity contribution in [3.8, 4) is 12.3 Å². The number of carbonyl (C=O) groups is 1. The van der Waals surface area contributed by atoms with Crippen LogP contribution in [-0.4, -0.2) is 32.2 Å². The van der Waals surface area contributed by atoms with E-state index >= 15 is 0 Å². The molecule has 0 rings (SSSR count). The molecule has 0 spiro atoms. The summed E-state index contributed by atoms with van der Waals surface area (Å²) in [6.07, 6.45) is 5.25. The van der Waals surface area contributed by atoms with Crippen LogP contribution in [0.3, 0.4) is 0 Å². The molecular formula is C8H14N2O2. The number of terminal acetylenes is 1. The Hall–Kier alpha value is -1.05. The largest absolute Gasteiger partial charge is 0.383 e. The predicted molar refractivity (Wildman–Crippen MR) is 46.3 cm³/mol. The van der Waals surface area contributed by atoms with Crippen molar-refractivity contribution >= 4 is 5.91 Å². The molecule has 0 aliphatic carbocycles. The predicted octanol–water partition coefficient (Wildman–Crippen LogP) is -0.900. The third-order valence-corrected chi connectivity index (χ3v) is 1.28. The van der Waals surface area contributed by atoms with Crippen LogP contribution >= 0.6 is 0 Å². The molecule has 1 amide bonds. The Labute approximate surface area is 72.5 Å². The molecule has 1 atom stereocenters.